The molecule has 0 bridgehead atoms. The number of carbonyl (C=O) groups excluding carboxylic acids is 1. The lowest BCUT2D eigenvalue weighted by Crippen LogP contribution is -2.36. The molecule has 0 aliphatic carbocycles. The van der Waals surface area contributed by atoms with Gasteiger partial charge in [-0.15, -0.1) is 0 Å². The summed E-state index contributed by atoms with van der Waals surface area (Å²) in [5.74, 6) is -0.809. The van der Waals surface area contributed by atoms with Crippen LogP contribution in [0.2, 0.25) is 0 Å². The normalized spacial score (nSPS) is 14.9. The molecule has 18 heavy (non-hydrogen) atoms. The molecule has 0 amide bonds. The molecule has 0 saturated carbocycles. The molecule has 4 heteroatoms. The van der Waals surface area contributed by atoms with Crippen LogP contribution in [0, 0.1) is 0 Å². The Balaban J connectivity index is 3.00. The van der Waals surface area contributed by atoms with E-state index in [4.69, 9.17) is 16.2 Å². The lowest BCUT2D eigenvalue weighted by molar-refractivity contribution is -0.157. The van der Waals surface area contributed by atoms with Crippen molar-refractivity contribution in [3.63, 3.8) is 0 Å². The molecule has 0 fully saturated rings. The summed E-state index contributed by atoms with van der Waals surface area (Å²) in [6.07, 6.45) is 0. The smallest absolute Gasteiger partial charge is 0.315 e. The number of benzene rings is 1. The summed E-state index contributed by atoms with van der Waals surface area (Å²) in [4.78, 5) is 12.2. The van der Waals surface area contributed by atoms with Crippen molar-refractivity contribution in [2.45, 2.75) is 45.3 Å². The van der Waals surface area contributed by atoms with E-state index in [1.165, 1.54) is 0 Å². The molecule has 2 unspecified atom stereocenters. The Bertz CT molecular complexity index is 422. The summed E-state index contributed by atoms with van der Waals surface area (Å²) >= 11 is 0. The first-order valence-corrected chi connectivity index (χ1v) is 6.04. The van der Waals surface area contributed by atoms with Crippen molar-refractivity contribution in [2.75, 3.05) is 5.73 Å². The van der Waals surface area contributed by atoms with Gasteiger partial charge in [-0.05, 0) is 45.4 Å². The predicted octanol–water partition coefficient (Wildman–Crippen LogP) is 2.04. The number of rotatable bonds is 3. The van der Waals surface area contributed by atoms with E-state index in [-0.39, 0.29) is 12.0 Å². The summed E-state index contributed by atoms with van der Waals surface area (Å²) in [7, 11) is 0. The van der Waals surface area contributed by atoms with Crippen molar-refractivity contribution in [3.8, 4) is 0 Å². The highest BCUT2D eigenvalue weighted by atomic mass is 16.6. The fourth-order valence-electron chi connectivity index (χ4n) is 1.77. The van der Waals surface area contributed by atoms with Gasteiger partial charge in [0.1, 0.15) is 5.60 Å². The third kappa shape index (κ3) is 4.04. The van der Waals surface area contributed by atoms with Gasteiger partial charge < -0.3 is 16.2 Å². The van der Waals surface area contributed by atoms with Gasteiger partial charge in [0.15, 0.2) is 0 Å². The SMILES string of the molecule is CC(N)C(C(=O)OC(C)(C)C)c1cccc(N)c1. The largest absolute Gasteiger partial charge is 0.459 e. The first-order valence-electron chi connectivity index (χ1n) is 6.04. The molecule has 4 nitrogen and oxygen atoms in total. The number of hydrogen-bond acceptors (Lipinski definition) is 4. The zero-order chi connectivity index (χ0) is 13.9. The molecule has 2 atom stereocenters. The van der Waals surface area contributed by atoms with Crippen LogP contribution in [0.5, 0.6) is 0 Å². The van der Waals surface area contributed by atoms with Crippen molar-refractivity contribution in [3.05, 3.63) is 29.8 Å². The predicted molar refractivity (Wildman–Crippen MR) is 73.1 cm³/mol. The van der Waals surface area contributed by atoms with Crippen LogP contribution in [0.4, 0.5) is 5.69 Å². The van der Waals surface area contributed by atoms with Crippen LogP contribution in [0.3, 0.4) is 0 Å². The van der Waals surface area contributed by atoms with Gasteiger partial charge in [-0.2, -0.15) is 0 Å². The van der Waals surface area contributed by atoms with Gasteiger partial charge in [0.2, 0.25) is 0 Å². The van der Waals surface area contributed by atoms with Crippen LogP contribution in [0.15, 0.2) is 24.3 Å². The number of anilines is 1. The number of ether oxygens (including phenoxy) is 1. The molecule has 0 radical (unpaired) electrons. The van der Waals surface area contributed by atoms with Gasteiger partial charge in [-0.25, -0.2) is 0 Å². The Kier molecular flexibility index (Phi) is 4.35. The highest BCUT2D eigenvalue weighted by Gasteiger charge is 2.29. The summed E-state index contributed by atoms with van der Waals surface area (Å²) in [5, 5.41) is 0. The van der Waals surface area contributed by atoms with E-state index in [1.807, 2.05) is 32.9 Å². The Morgan fingerprint density at radius 1 is 1.33 bits per heavy atom. The molecule has 0 aliphatic heterocycles. The molecule has 1 rings (SSSR count). The van der Waals surface area contributed by atoms with Crippen molar-refractivity contribution in [1.82, 2.24) is 0 Å². The summed E-state index contributed by atoms with van der Waals surface area (Å²) in [5.41, 5.74) is 12.5. The van der Waals surface area contributed by atoms with Gasteiger partial charge >= 0.3 is 5.97 Å². The fraction of sp³-hybridized carbons (Fsp3) is 0.500. The molecular weight excluding hydrogens is 228 g/mol. The summed E-state index contributed by atoms with van der Waals surface area (Å²) in [6.45, 7) is 7.30. The Labute approximate surface area is 108 Å². The van der Waals surface area contributed by atoms with Gasteiger partial charge in [0.05, 0.1) is 5.92 Å². The highest BCUT2D eigenvalue weighted by Crippen LogP contribution is 2.24. The van der Waals surface area contributed by atoms with Crippen LogP contribution in [0.25, 0.3) is 0 Å². The number of esters is 1. The Morgan fingerprint density at radius 3 is 2.39 bits per heavy atom. The number of nitrogens with two attached hydrogens (primary N) is 2. The zero-order valence-electron chi connectivity index (χ0n) is 11.4. The van der Waals surface area contributed by atoms with E-state index in [1.54, 1.807) is 19.1 Å². The maximum absolute atomic E-state index is 12.2. The molecule has 0 aliphatic rings. The standard InChI is InChI=1S/C14H22N2O2/c1-9(15)12(13(17)18-14(2,3)4)10-6-5-7-11(16)8-10/h5-9,12H,15-16H2,1-4H3. The molecule has 100 valence electrons. The maximum atomic E-state index is 12.2. The molecule has 0 saturated heterocycles. The van der Waals surface area contributed by atoms with Gasteiger partial charge in [-0.3, -0.25) is 4.79 Å². The molecule has 0 aromatic heterocycles. The van der Waals surface area contributed by atoms with Gasteiger partial charge in [0, 0.05) is 11.7 Å². The average molecular weight is 250 g/mol. The van der Waals surface area contributed by atoms with E-state index in [2.05, 4.69) is 0 Å². The van der Waals surface area contributed by atoms with Crippen molar-refractivity contribution in [2.24, 2.45) is 5.73 Å². The van der Waals surface area contributed by atoms with Crippen LogP contribution < -0.4 is 11.5 Å². The van der Waals surface area contributed by atoms with Crippen LogP contribution >= 0.6 is 0 Å². The van der Waals surface area contributed by atoms with Crippen LogP contribution in [0.1, 0.15) is 39.2 Å². The second-order valence-electron chi connectivity index (χ2n) is 5.54. The number of carbonyl (C=O) groups is 1. The monoisotopic (exact) mass is 250 g/mol. The first kappa shape index (κ1) is 14.5. The van der Waals surface area contributed by atoms with Crippen molar-refractivity contribution < 1.29 is 9.53 Å². The minimum atomic E-state index is -0.523. The fourth-order valence-corrected chi connectivity index (χ4v) is 1.77. The van der Waals surface area contributed by atoms with E-state index in [9.17, 15) is 4.79 Å². The van der Waals surface area contributed by atoms with Crippen LogP contribution in [-0.2, 0) is 9.53 Å². The summed E-state index contributed by atoms with van der Waals surface area (Å²) in [6, 6.07) is 6.86. The molecule has 4 N–H and O–H groups in total. The number of nitrogen functional groups attached to an aromatic ring is 1. The molecule has 0 spiro atoms. The average Bonchev–Trinajstić information content (AvgIpc) is 2.13. The molecule has 0 heterocycles. The third-order valence-electron chi connectivity index (χ3n) is 2.46. The molecule has 1 aromatic carbocycles. The quantitative estimate of drug-likeness (QED) is 0.635. The van der Waals surface area contributed by atoms with E-state index in [0.29, 0.717) is 5.69 Å². The lowest BCUT2D eigenvalue weighted by Gasteiger charge is -2.26. The second kappa shape index (κ2) is 5.40. The Morgan fingerprint density at radius 2 is 1.94 bits per heavy atom. The second-order valence-corrected chi connectivity index (χ2v) is 5.54. The topological polar surface area (TPSA) is 78.3 Å². The maximum Gasteiger partial charge on any atom is 0.315 e. The lowest BCUT2D eigenvalue weighted by atomic mass is 9.92. The first-order chi connectivity index (χ1) is 8.20. The van der Waals surface area contributed by atoms with Crippen LogP contribution in [-0.4, -0.2) is 17.6 Å². The third-order valence-corrected chi connectivity index (χ3v) is 2.46. The molecule has 1 aromatic rings. The van der Waals surface area contributed by atoms with E-state index in [0.717, 1.165) is 5.56 Å². The molecular formula is C14H22N2O2. The van der Waals surface area contributed by atoms with Crippen molar-refractivity contribution >= 4 is 11.7 Å². The minimum Gasteiger partial charge on any atom is -0.459 e. The summed E-state index contributed by atoms with van der Waals surface area (Å²) < 4.78 is 5.40. The van der Waals surface area contributed by atoms with Gasteiger partial charge in [0.25, 0.3) is 0 Å². The highest BCUT2D eigenvalue weighted by molar-refractivity contribution is 5.79. The van der Waals surface area contributed by atoms with Gasteiger partial charge in [-0.1, -0.05) is 12.1 Å². The number of hydrogen-bond donors (Lipinski definition) is 2. The van der Waals surface area contributed by atoms with E-state index < -0.39 is 11.5 Å². The minimum absolute atomic E-state index is 0.317. The Hall–Kier alpha value is -1.55. The van der Waals surface area contributed by atoms with Crippen molar-refractivity contribution in [1.29, 1.82) is 0 Å². The zero-order valence-corrected chi connectivity index (χ0v) is 11.4. The van der Waals surface area contributed by atoms with E-state index >= 15 is 0 Å².